The zero-order valence-corrected chi connectivity index (χ0v) is 20.6. The highest BCUT2D eigenvalue weighted by Gasteiger charge is 2.31. The normalized spacial score (nSPS) is 14.9. The number of hydrogen-bond donors (Lipinski definition) is 1. The highest BCUT2D eigenvalue weighted by Crippen LogP contribution is 2.38. The molecule has 0 spiro atoms. The highest BCUT2D eigenvalue weighted by atomic mass is 32.1. The van der Waals surface area contributed by atoms with E-state index < -0.39 is 11.7 Å². The number of anilines is 1. The van der Waals surface area contributed by atoms with E-state index in [1.54, 1.807) is 30.3 Å². The maximum absolute atomic E-state index is 13.0. The van der Waals surface area contributed by atoms with Crippen LogP contribution in [0.15, 0.2) is 47.8 Å². The number of piperazine rings is 1. The van der Waals surface area contributed by atoms with Crippen LogP contribution in [0.2, 0.25) is 0 Å². The molecule has 0 aliphatic carbocycles. The van der Waals surface area contributed by atoms with E-state index in [-0.39, 0.29) is 5.91 Å². The van der Waals surface area contributed by atoms with Crippen molar-refractivity contribution in [3.63, 3.8) is 0 Å². The van der Waals surface area contributed by atoms with E-state index in [2.05, 4.69) is 15.1 Å². The monoisotopic (exact) mass is 507 g/mol. The average molecular weight is 508 g/mol. The second kappa shape index (κ2) is 11.3. The number of ether oxygens (including phenoxy) is 1. The van der Waals surface area contributed by atoms with Gasteiger partial charge in [-0.2, -0.15) is 13.2 Å². The lowest BCUT2D eigenvalue weighted by Crippen LogP contribution is -2.46. The number of thiophene rings is 1. The van der Waals surface area contributed by atoms with Crippen LogP contribution in [-0.4, -0.2) is 56.7 Å². The van der Waals surface area contributed by atoms with Crippen molar-refractivity contribution >= 4 is 33.0 Å². The first kappa shape index (κ1) is 25.3. The Kier molecular flexibility index (Phi) is 8.18. The number of nitrogens with one attached hydrogen (secondary N) is 1. The molecule has 0 radical (unpaired) electrons. The van der Waals surface area contributed by atoms with Gasteiger partial charge in [-0.3, -0.25) is 9.69 Å². The number of benzene rings is 2. The molecule has 1 N–H and O–H groups in total. The summed E-state index contributed by atoms with van der Waals surface area (Å²) in [6.07, 6.45) is -2.42. The maximum atomic E-state index is 13.0. The van der Waals surface area contributed by atoms with Gasteiger partial charge in [-0.15, -0.1) is 11.3 Å². The van der Waals surface area contributed by atoms with Gasteiger partial charge in [0.2, 0.25) is 0 Å². The topological polar surface area (TPSA) is 44.8 Å². The predicted octanol–water partition coefficient (Wildman–Crippen LogP) is 5.65. The summed E-state index contributed by atoms with van der Waals surface area (Å²) in [5, 5.41) is 5.82. The number of carbonyl (C=O) groups excluding carboxylic acids is 1. The standard InChI is InChI=1S/C26H30F3N3O2S/c1-2-34-21-8-5-19(6-9-21)25(33)30-11-3-4-12-31-13-15-32(16-14-31)23-18-35-24-17-20(26(27,28)29)7-10-22(23)24/h5-10,17-18H,2-4,11-16H2,1H3,(H,30,33)/i23+2. The van der Waals surface area contributed by atoms with Crippen LogP contribution < -0.4 is 15.0 Å². The largest absolute Gasteiger partial charge is 0.494 e. The van der Waals surface area contributed by atoms with Crippen molar-refractivity contribution < 1.29 is 22.7 Å². The molecule has 188 valence electrons. The van der Waals surface area contributed by atoms with E-state index in [4.69, 9.17) is 4.74 Å². The zero-order valence-electron chi connectivity index (χ0n) is 19.7. The van der Waals surface area contributed by atoms with E-state index in [0.29, 0.717) is 23.4 Å². The molecule has 1 saturated heterocycles. The summed E-state index contributed by atoms with van der Waals surface area (Å²) in [6, 6.07) is 11.2. The average Bonchev–Trinajstić information content (AvgIpc) is 3.28. The molecular weight excluding hydrogens is 477 g/mol. The van der Waals surface area contributed by atoms with Gasteiger partial charge in [-0.25, -0.2) is 0 Å². The molecule has 4 rings (SSSR count). The van der Waals surface area contributed by atoms with Gasteiger partial charge in [0.05, 0.1) is 17.9 Å². The van der Waals surface area contributed by atoms with Crippen molar-refractivity contribution in [2.24, 2.45) is 0 Å². The van der Waals surface area contributed by atoms with Crippen LogP contribution in [0.5, 0.6) is 5.75 Å². The second-order valence-electron chi connectivity index (χ2n) is 8.58. The third-order valence-electron chi connectivity index (χ3n) is 6.21. The maximum Gasteiger partial charge on any atom is 0.416 e. The molecule has 1 aliphatic rings. The molecule has 2 aromatic carbocycles. The van der Waals surface area contributed by atoms with Gasteiger partial charge in [0.1, 0.15) is 5.75 Å². The fourth-order valence-electron chi connectivity index (χ4n) is 4.28. The fourth-order valence-corrected chi connectivity index (χ4v) is 5.29. The SMILES string of the molecule is CCOc1ccc(C(=O)NCCCCN2CCN([14c]3csc4cc(C(F)(F)F)ccc43)CC2)cc1. The van der Waals surface area contributed by atoms with Crippen LogP contribution in [0.4, 0.5) is 18.9 Å². The second-order valence-corrected chi connectivity index (χ2v) is 9.49. The Labute approximate surface area is 207 Å². The predicted molar refractivity (Wildman–Crippen MR) is 135 cm³/mol. The number of hydrogen-bond acceptors (Lipinski definition) is 5. The molecule has 0 saturated carbocycles. The van der Waals surface area contributed by atoms with Crippen molar-refractivity contribution in [3.05, 3.63) is 59.0 Å². The number of carbonyl (C=O) groups is 1. The van der Waals surface area contributed by atoms with E-state index >= 15 is 0 Å². The van der Waals surface area contributed by atoms with Gasteiger partial charge in [-0.1, -0.05) is 6.07 Å². The number of alkyl halides is 3. The van der Waals surface area contributed by atoms with E-state index in [9.17, 15) is 18.0 Å². The molecule has 1 amide bonds. The summed E-state index contributed by atoms with van der Waals surface area (Å²) in [7, 11) is 0. The van der Waals surface area contributed by atoms with Crippen molar-refractivity contribution in [3.8, 4) is 5.75 Å². The summed E-state index contributed by atoms with van der Waals surface area (Å²) in [6.45, 7) is 7.64. The van der Waals surface area contributed by atoms with Crippen molar-refractivity contribution in [1.29, 1.82) is 0 Å². The Morgan fingerprint density at radius 1 is 1.09 bits per heavy atom. The van der Waals surface area contributed by atoms with Crippen molar-refractivity contribution in [2.45, 2.75) is 25.9 Å². The molecule has 35 heavy (non-hydrogen) atoms. The first-order chi connectivity index (χ1) is 16.8. The Morgan fingerprint density at radius 3 is 2.51 bits per heavy atom. The lowest BCUT2D eigenvalue weighted by molar-refractivity contribution is -0.137. The van der Waals surface area contributed by atoms with Gasteiger partial charge in [0, 0.05) is 53.8 Å². The molecule has 1 aliphatic heterocycles. The van der Waals surface area contributed by atoms with E-state index in [1.165, 1.54) is 23.5 Å². The molecule has 2 heterocycles. The first-order valence-electron chi connectivity index (χ1n) is 11.9. The Morgan fingerprint density at radius 2 is 1.83 bits per heavy atom. The Balaban J connectivity index is 1.17. The zero-order chi connectivity index (χ0) is 24.8. The van der Waals surface area contributed by atoms with Crippen molar-refractivity contribution in [2.75, 3.05) is 50.8 Å². The molecule has 1 fully saturated rings. The molecule has 0 bridgehead atoms. The van der Waals surface area contributed by atoms with Crippen LogP contribution in [0.3, 0.4) is 0 Å². The number of unbranched alkanes of at least 4 members (excludes halogenated alkanes) is 1. The Hall–Kier alpha value is -2.78. The van der Waals surface area contributed by atoms with Crippen molar-refractivity contribution in [1.82, 2.24) is 10.2 Å². The quantitative estimate of drug-likeness (QED) is 0.380. The van der Waals surface area contributed by atoms with Crippen LogP contribution >= 0.6 is 11.3 Å². The summed E-state index contributed by atoms with van der Waals surface area (Å²) in [5.41, 5.74) is 1.05. The van der Waals surface area contributed by atoms with Crippen LogP contribution in [-0.2, 0) is 6.18 Å². The molecule has 5 nitrogen and oxygen atoms in total. The van der Waals surface area contributed by atoms with Crippen LogP contribution in [0.1, 0.15) is 35.7 Å². The van der Waals surface area contributed by atoms with Gasteiger partial charge in [0.15, 0.2) is 0 Å². The molecular formula is C26H30F3N3O2S. The lowest BCUT2D eigenvalue weighted by atomic mass is 10.2. The number of fused-ring (bicyclic) bond motifs is 1. The molecule has 1 aromatic heterocycles. The van der Waals surface area contributed by atoms with Gasteiger partial charge < -0.3 is 15.0 Å². The number of halogens is 3. The molecule has 0 atom stereocenters. The smallest absolute Gasteiger partial charge is 0.416 e. The minimum absolute atomic E-state index is 0.0768. The Bertz CT molecular complexity index is 1120. The van der Waals surface area contributed by atoms with Crippen LogP contribution in [0, 0.1) is 0 Å². The minimum Gasteiger partial charge on any atom is -0.494 e. The summed E-state index contributed by atoms with van der Waals surface area (Å²) >= 11 is 1.37. The molecule has 0 unspecified atom stereocenters. The molecule has 3 aromatic rings. The number of rotatable bonds is 9. The number of nitrogens with zero attached hydrogens (tertiary/aromatic N) is 2. The summed E-state index contributed by atoms with van der Waals surface area (Å²) in [4.78, 5) is 16.9. The summed E-state index contributed by atoms with van der Waals surface area (Å²) in [5.74, 6) is 0.680. The first-order valence-corrected chi connectivity index (χ1v) is 12.8. The molecule has 9 heteroatoms. The van der Waals surface area contributed by atoms with E-state index in [0.717, 1.165) is 62.4 Å². The summed E-state index contributed by atoms with van der Waals surface area (Å²) < 4.78 is 45.0. The number of amides is 1. The van der Waals surface area contributed by atoms with Crippen LogP contribution in [0.25, 0.3) is 10.1 Å². The lowest BCUT2D eigenvalue weighted by Gasteiger charge is -2.36. The van der Waals surface area contributed by atoms with Gasteiger partial charge >= 0.3 is 6.18 Å². The minimum atomic E-state index is -4.32. The van der Waals surface area contributed by atoms with Gasteiger partial charge in [0.25, 0.3) is 5.91 Å². The van der Waals surface area contributed by atoms with E-state index in [1.807, 2.05) is 12.3 Å². The van der Waals surface area contributed by atoms with Gasteiger partial charge in [-0.05, 0) is 62.7 Å². The fraction of sp³-hybridized carbons (Fsp3) is 0.423. The third-order valence-corrected chi connectivity index (χ3v) is 7.14. The highest BCUT2D eigenvalue weighted by molar-refractivity contribution is 7.17. The third kappa shape index (κ3) is 6.46.